The highest BCUT2D eigenvalue weighted by Gasteiger charge is 2.17. The van der Waals surface area contributed by atoms with E-state index in [4.69, 9.17) is 30.8 Å². The summed E-state index contributed by atoms with van der Waals surface area (Å²) < 4.78 is 21.7. The van der Waals surface area contributed by atoms with E-state index in [0.29, 0.717) is 35.2 Å². The molecule has 0 saturated heterocycles. The van der Waals surface area contributed by atoms with Gasteiger partial charge in [-0.15, -0.1) is 0 Å². The third-order valence-electron chi connectivity index (χ3n) is 5.10. The number of oxazole rings is 1. The number of amides is 1. The van der Waals surface area contributed by atoms with Crippen molar-refractivity contribution >= 4 is 34.3 Å². The van der Waals surface area contributed by atoms with E-state index in [2.05, 4.69) is 15.6 Å². The zero-order valence-electron chi connectivity index (χ0n) is 18.9. The number of ether oxygens (including phenoxy) is 3. The lowest BCUT2D eigenvalue weighted by molar-refractivity contribution is 0.0976. The lowest BCUT2D eigenvalue weighted by Gasteiger charge is -2.14. The number of para-hydroxylation sites is 2. The summed E-state index contributed by atoms with van der Waals surface area (Å²) in [4.78, 5) is 17.2. The van der Waals surface area contributed by atoms with Crippen molar-refractivity contribution in [1.29, 1.82) is 0 Å². The SMILES string of the molecule is COc1cc(C(=O)NC(=S)NCc2ccc(-c3nc4ccccc4o3)cc2)cc(OC)c1OC. The maximum atomic E-state index is 12.7. The molecular weight excluding hydrogens is 454 g/mol. The Morgan fingerprint density at radius 3 is 2.26 bits per heavy atom. The zero-order chi connectivity index (χ0) is 24.1. The molecule has 174 valence electrons. The Labute approximate surface area is 201 Å². The van der Waals surface area contributed by atoms with Gasteiger partial charge in [0.05, 0.1) is 21.3 Å². The van der Waals surface area contributed by atoms with Crippen LogP contribution in [0.15, 0.2) is 65.1 Å². The molecule has 0 spiro atoms. The van der Waals surface area contributed by atoms with Gasteiger partial charge in [-0.25, -0.2) is 4.98 Å². The van der Waals surface area contributed by atoms with Gasteiger partial charge in [0, 0.05) is 17.7 Å². The molecule has 0 fully saturated rings. The van der Waals surface area contributed by atoms with Crippen LogP contribution in [0.25, 0.3) is 22.6 Å². The molecule has 0 aliphatic carbocycles. The molecule has 3 aromatic carbocycles. The number of thiocarbonyl (C=S) groups is 1. The molecule has 9 heteroatoms. The number of fused-ring (bicyclic) bond motifs is 1. The summed E-state index contributed by atoms with van der Waals surface area (Å²) in [6.07, 6.45) is 0. The Morgan fingerprint density at radius 2 is 1.65 bits per heavy atom. The highest BCUT2D eigenvalue weighted by Crippen LogP contribution is 2.38. The van der Waals surface area contributed by atoms with Gasteiger partial charge in [0.2, 0.25) is 11.6 Å². The summed E-state index contributed by atoms with van der Waals surface area (Å²) in [7, 11) is 4.47. The summed E-state index contributed by atoms with van der Waals surface area (Å²) in [5.74, 6) is 1.33. The predicted molar refractivity (Wildman–Crippen MR) is 132 cm³/mol. The van der Waals surface area contributed by atoms with Crippen LogP contribution < -0.4 is 24.8 Å². The van der Waals surface area contributed by atoms with E-state index < -0.39 is 5.91 Å². The number of hydrogen-bond donors (Lipinski definition) is 2. The van der Waals surface area contributed by atoms with Gasteiger partial charge in [-0.3, -0.25) is 10.1 Å². The maximum absolute atomic E-state index is 12.7. The molecule has 4 aromatic rings. The van der Waals surface area contributed by atoms with Crippen LogP contribution in [0.4, 0.5) is 0 Å². The molecule has 0 bridgehead atoms. The third-order valence-corrected chi connectivity index (χ3v) is 5.35. The van der Waals surface area contributed by atoms with Gasteiger partial charge < -0.3 is 23.9 Å². The highest BCUT2D eigenvalue weighted by molar-refractivity contribution is 7.80. The van der Waals surface area contributed by atoms with E-state index >= 15 is 0 Å². The number of benzene rings is 3. The monoisotopic (exact) mass is 477 g/mol. The second kappa shape index (κ2) is 10.2. The Bertz CT molecular complexity index is 1280. The Kier molecular flexibility index (Phi) is 6.93. The number of carbonyl (C=O) groups is 1. The quantitative estimate of drug-likeness (QED) is 0.380. The highest BCUT2D eigenvalue weighted by atomic mass is 32.1. The van der Waals surface area contributed by atoms with Crippen molar-refractivity contribution in [2.45, 2.75) is 6.54 Å². The van der Waals surface area contributed by atoms with Crippen LogP contribution in [0.5, 0.6) is 17.2 Å². The van der Waals surface area contributed by atoms with E-state index in [1.54, 1.807) is 12.1 Å². The zero-order valence-corrected chi connectivity index (χ0v) is 19.7. The van der Waals surface area contributed by atoms with Crippen LogP contribution in [0.1, 0.15) is 15.9 Å². The molecule has 1 heterocycles. The summed E-state index contributed by atoms with van der Waals surface area (Å²) in [6, 6.07) is 18.5. The number of carbonyl (C=O) groups excluding carboxylic acids is 1. The smallest absolute Gasteiger partial charge is 0.257 e. The van der Waals surface area contributed by atoms with Gasteiger partial charge in [-0.1, -0.05) is 24.3 Å². The predicted octanol–water partition coefficient (Wildman–Crippen LogP) is 4.33. The van der Waals surface area contributed by atoms with Gasteiger partial charge in [0.25, 0.3) is 5.91 Å². The van der Waals surface area contributed by atoms with Crippen molar-refractivity contribution in [1.82, 2.24) is 15.6 Å². The molecule has 0 unspecified atom stereocenters. The first-order chi connectivity index (χ1) is 16.5. The summed E-state index contributed by atoms with van der Waals surface area (Å²) >= 11 is 5.28. The second-order valence-corrected chi connectivity index (χ2v) is 7.64. The normalized spacial score (nSPS) is 10.6. The van der Waals surface area contributed by atoms with Crippen molar-refractivity contribution in [3.05, 3.63) is 71.8 Å². The van der Waals surface area contributed by atoms with Crippen LogP contribution >= 0.6 is 12.2 Å². The van der Waals surface area contributed by atoms with Crippen LogP contribution in [0.3, 0.4) is 0 Å². The number of rotatable bonds is 7. The average molecular weight is 478 g/mol. The standard InChI is InChI=1S/C25H23N3O5S/c1-30-20-12-17(13-21(31-2)22(20)32-3)23(29)28-25(34)26-14-15-8-10-16(11-9-15)24-27-18-6-4-5-7-19(18)33-24/h4-13H,14H2,1-3H3,(H2,26,28,29,34). The molecule has 1 aromatic heterocycles. The van der Waals surface area contributed by atoms with Gasteiger partial charge in [0.1, 0.15) is 5.52 Å². The van der Waals surface area contributed by atoms with Crippen molar-refractivity contribution in [3.63, 3.8) is 0 Å². The first kappa shape index (κ1) is 23.1. The van der Waals surface area contributed by atoms with Crippen LogP contribution in [0, 0.1) is 0 Å². The molecule has 0 atom stereocenters. The Hall–Kier alpha value is -4.11. The fourth-order valence-corrected chi connectivity index (χ4v) is 3.54. The van der Waals surface area contributed by atoms with Crippen LogP contribution in [0.2, 0.25) is 0 Å². The number of nitrogens with one attached hydrogen (secondary N) is 2. The molecule has 0 aliphatic rings. The Balaban J connectivity index is 1.37. The van der Waals surface area contributed by atoms with E-state index in [-0.39, 0.29) is 5.11 Å². The molecule has 8 nitrogen and oxygen atoms in total. The minimum atomic E-state index is -0.400. The number of methoxy groups -OCH3 is 3. The molecule has 34 heavy (non-hydrogen) atoms. The molecule has 1 amide bonds. The lowest BCUT2D eigenvalue weighted by atomic mass is 10.1. The van der Waals surface area contributed by atoms with Crippen molar-refractivity contribution in [2.75, 3.05) is 21.3 Å². The average Bonchev–Trinajstić information content (AvgIpc) is 3.31. The molecule has 0 saturated carbocycles. The van der Waals surface area contributed by atoms with Gasteiger partial charge in [-0.2, -0.15) is 0 Å². The lowest BCUT2D eigenvalue weighted by Crippen LogP contribution is -2.38. The number of nitrogens with zero attached hydrogens (tertiary/aromatic N) is 1. The van der Waals surface area contributed by atoms with E-state index in [0.717, 1.165) is 22.2 Å². The number of aromatic nitrogens is 1. The Morgan fingerprint density at radius 1 is 0.971 bits per heavy atom. The van der Waals surface area contributed by atoms with Crippen LogP contribution in [-0.2, 0) is 6.54 Å². The van der Waals surface area contributed by atoms with E-state index in [1.807, 2.05) is 48.5 Å². The first-order valence-electron chi connectivity index (χ1n) is 10.4. The second-order valence-electron chi connectivity index (χ2n) is 7.23. The topological polar surface area (TPSA) is 94.9 Å². The van der Waals surface area contributed by atoms with Crippen LogP contribution in [-0.4, -0.2) is 37.3 Å². The third kappa shape index (κ3) is 4.94. The molecule has 0 aliphatic heterocycles. The maximum Gasteiger partial charge on any atom is 0.257 e. The molecular formula is C25H23N3O5S. The summed E-state index contributed by atoms with van der Waals surface area (Å²) in [5, 5.41) is 5.89. The minimum Gasteiger partial charge on any atom is -0.493 e. The van der Waals surface area contributed by atoms with Gasteiger partial charge in [0.15, 0.2) is 22.2 Å². The van der Waals surface area contributed by atoms with Crippen molar-refractivity contribution in [2.24, 2.45) is 0 Å². The van der Waals surface area contributed by atoms with E-state index in [1.165, 1.54) is 21.3 Å². The summed E-state index contributed by atoms with van der Waals surface area (Å²) in [5.41, 5.74) is 3.73. The van der Waals surface area contributed by atoms with Gasteiger partial charge >= 0.3 is 0 Å². The molecule has 0 radical (unpaired) electrons. The van der Waals surface area contributed by atoms with E-state index in [9.17, 15) is 4.79 Å². The van der Waals surface area contributed by atoms with Crippen molar-refractivity contribution in [3.8, 4) is 28.7 Å². The molecule has 2 N–H and O–H groups in total. The fourth-order valence-electron chi connectivity index (χ4n) is 3.37. The first-order valence-corrected chi connectivity index (χ1v) is 10.8. The minimum absolute atomic E-state index is 0.196. The number of hydrogen-bond acceptors (Lipinski definition) is 7. The largest absolute Gasteiger partial charge is 0.493 e. The van der Waals surface area contributed by atoms with Crippen molar-refractivity contribution < 1.29 is 23.4 Å². The fraction of sp³-hybridized carbons (Fsp3) is 0.160. The van der Waals surface area contributed by atoms with Gasteiger partial charge in [-0.05, 0) is 54.2 Å². The molecule has 4 rings (SSSR count). The summed E-state index contributed by atoms with van der Waals surface area (Å²) in [6.45, 7) is 0.433.